The number of methoxy groups -OCH3 is 1. The molecule has 3 rings (SSSR count). The number of hydrogen-bond donors (Lipinski definition) is 1. The summed E-state index contributed by atoms with van der Waals surface area (Å²) >= 11 is 0. The summed E-state index contributed by atoms with van der Waals surface area (Å²) < 4.78 is 11.1. The Balaban J connectivity index is 2.24. The van der Waals surface area contributed by atoms with Crippen LogP contribution in [0.25, 0.3) is 0 Å². The minimum atomic E-state index is -0.514. The third-order valence-corrected chi connectivity index (χ3v) is 5.54. The molecule has 0 radical (unpaired) electrons. The Morgan fingerprint density at radius 2 is 2.03 bits per heavy atom. The van der Waals surface area contributed by atoms with Crippen molar-refractivity contribution in [2.45, 2.75) is 39.5 Å². The average Bonchev–Trinajstić information content (AvgIpc) is 2.66. The highest BCUT2D eigenvalue weighted by Crippen LogP contribution is 2.50. The van der Waals surface area contributed by atoms with Crippen LogP contribution in [0, 0.1) is 16.7 Å². The first kappa shape index (κ1) is 20.9. The van der Waals surface area contributed by atoms with Crippen LogP contribution in [-0.4, -0.2) is 37.6 Å². The van der Waals surface area contributed by atoms with Crippen molar-refractivity contribution in [2.75, 3.05) is 26.9 Å². The van der Waals surface area contributed by atoms with E-state index in [1.165, 1.54) is 0 Å². The Labute approximate surface area is 172 Å². The van der Waals surface area contributed by atoms with Crippen molar-refractivity contribution in [2.24, 2.45) is 11.1 Å². The van der Waals surface area contributed by atoms with E-state index in [0.717, 1.165) is 11.3 Å². The van der Waals surface area contributed by atoms with Gasteiger partial charge < -0.3 is 20.1 Å². The van der Waals surface area contributed by atoms with E-state index < -0.39 is 5.92 Å². The van der Waals surface area contributed by atoms with E-state index >= 15 is 0 Å². The molecule has 29 heavy (non-hydrogen) atoms. The Bertz CT molecular complexity index is 908. The van der Waals surface area contributed by atoms with Gasteiger partial charge in [-0.2, -0.15) is 5.26 Å². The van der Waals surface area contributed by atoms with Crippen LogP contribution in [-0.2, 0) is 9.53 Å². The number of rotatable bonds is 6. The molecule has 2 aliphatic rings. The molecule has 0 unspecified atom stereocenters. The van der Waals surface area contributed by atoms with Gasteiger partial charge >= 0.3 is 0 Å². The molecule has 1 aliphatic carbocycles. The number of ether oxygens (including phenoxy) is 2. The maximum Gasteiger partial charge on any atom is 0.162 e. The molecule has 0 amide bonds. The first-order valence-corrected chi connectivity index (χ1v) is 9.98. The second-order valence-electron chi connectivity index (χ2n) is 8.26. The summed E-state index contributed by atoms with van der Waals surface area (Å²) in [5.74, 6) is 0.621. The van der Waals surface area contributed by atoms with Crippen LogP contribution in [0.4, 0.5) is 0 Å². The summed E-state index contributed by atoms with van der Waals surface area (Å²) in [6, 6.07) is 9.87. The molecule has 0 fully saturated rings. The zero-order valence-electron chi connectivity index (χ0n) is 17.6. The molecule has 1 heterocycles. The number of allylic oxidation sites excluding steroid dienone is 3. The van der Waals surface area contributed by atoms with Crippen LogP contribution in [0.3, 0.4) is 0 Å². The van der Waals surface area contributed by atoms with Gasteiger partial charge in [0.15, 0.2) is 5.78 Å². The Hall–Kier alpha value is -2.78. The summed E-state index contributed by atoms with van der Waals surface area (Å²) in [5.41, 5.74) is 9.10. The van der Waals surface area contributed by atoms with Crippen molar-refractivity contribution in [3.05, 3.63) is 52.5 Å². The number of para-hydroxylation sites is 1. The largest absolute Gasteiger partial charge is 0.494 e. The third-order valence-electron chi connectivity index (χ3n) is 5.54. The predicted molar refractivity (Wildman–Crippen MR) is 111 cm³/mol. The number of ketones is 1. The van der Waals surface area contributed by atoms with Gasteiger partial charge in [-0.3, -0.25) is 4.79 Å². The van der Waals surface area contributed by atoms with Crippen LogP contribution in [0.2, 0.25) is 0 Å². The number of nitrogens with zero attached hydrogens (tertiary/aromatic N) is 2. The number of Topliss-reactive ketones (excluding diaryl/α,β-unsaturated/α-hetero) is 1. The Morgan fingerprint density at radius 1 is 1.31 bits per heavy atom. The third kappa shape index (κ3) is 3.88. The number of nitrogens with two attached hydrogens (primary N) is 1. The van der Waals surface area contributed by atoms with Gasteiger partial charge in [-0.15, -0.1) is 0 Å². The van der Waals surface area contributed by atoms with Gasteiger partial charge in [-0.25, -0.2) is 0 Å². The van der Waals surface area contributed by atoms with Crippen molar-refractivity contribution in [1.82, 2.24) is 4.90 Å². The lowest BCUT2D eigenvalue weighted by Gasteiger charge is -2.44. The summed E-state index contributed by atoms with van der Waals surface area (Å²) in [5, 5.41) is 10.0. The first-order chi connectivity index (χ1) is 13.8. The van der Waals surface area contributed by atoms with Crippen molar-refractivity contribution >= 4 is 5.78 Å². The van der Waals surface area contributed by atoms with Gasteiger partial charge in [0.25, 0.3) is 0 Å². The van der Waals surface area contributed by atoms with Gasteiger partial charge in [0.2, 0.25) is 0 Å². The van der Waals surface area contributed by atoms with E-state index in [0.29, 0.717) is 55.3 Å². The first-order valence-electron chi connectivity index (χ1n) is 9.98. The fourth-order valence-corrected chi connectivity index (χ4v) is 4.33. The van der Waals surface area contributed by atoms with Crippen molar-refractivity contribution in [1.29, 1.82) is 5.26 Å². The zero-order chi connectivity index (χ0) is 21.2. The molecule has 1 aromatic rings. The van der Waals surface area contributed by atoms with Crippen molar-refractivity contribution in [3.63, 3.8) is 0 Å². The van der Waals surface area contributed by atoms with Gasteiger partial charge in [0, 0.05) is 36.9 Å². The van der Waals surface area contributed by atoms with Crippen LogP contribution in [0.1, 0.15) is 45.1 Å². The monoisotopic (exact) mass is 395 g/mol. The fraction of sp³-hybridized carbons (Fsp3) is 0.478. The minimum Gasteiger partial charge on any atom is -0.494 e. The molecule has 6 nitrogen and oxygen atoms in total. The van der Waals surface area contributed by atoms with Crippen LogP contribution in [0.15, 0.2) is 46.9 Å². The molecule has 1 aliphatic heterocycles. The van der Waals surface area contributed by atoms with E-state index in [1.807, 2.05) is 36.1 Å². The standard InChI is InChI=1S/C23H29N3O3/c1-5-29-19-9-7-6-8-15(19)20-16(14-24)22(25)26(10-11-28-4)17-12-23(2,3)13-18(27)21(17)20/h6-9,20H,5,10-13,25H2,1-4H3/t20-/m0/s1. The number of nitriles is 1. The molecule has 6 heteroatoms. The van der Waals surface area contributed by atoms with E-state index in [2.05, 4.69) is 19.9 Å². The van der Waals surface area contributed by atoms with Gasteiger partial charge in [-0.1, -0.05) is 32.0 Å². The fourth-order valence-electron chi connectivity index (χ4n) is 4.33. The molecule has 1 atom stereocenters. The van der Waals surface area contributed by atoms with Gasteiger partial charge in [0.05, 0.1) is 30.8 Å². The highest BCUT2D eigenvalue weighted by Gasteiger charge is 2.44. The number of carbonyl (C=O) groups excluding carboxylic acids is 1. The Kier molecular flexibility index (Phi) is 5.99. The Morgan fingerprint density at radius 3 is 2.69 bits per heavy atom. The van der Waals surface area contributed by atoms with E-state index in [4.69, 9.17) is 15.2 Å². The molecule has 2 N–H and O–H groups in total. The average molecular weight is 396 g/mol. The summed E-state index contributed by atoms with van der Waals surface area (Å²) in [6.45, 7) is 7.54. The lowest BCUT2D eigenvalue weighted by molar-refractivity contribution is -0.118. The van der Waals surface area contributed by atoms with Crippen LogP contribution < -0.4 is 10.5 Å². The second kappa shape index (κ2) is 8.30. The maximum atomic E-state index is 13.4. The second-order valence-corrected chi connectivity index (χ2v) is 8.26. The maximum absolute atomic E-state index is 13.4. The molecule has 0 spiro atoms. The molecule has 0 saturated heterocycles. The number of carbonyl (C=O) groups is 1. The molecule has 154 valence electrons. The van der Waals surface area contributed by atoms with Crippen molar-refractivity contribution in [3.8, 4) is 11.8 Å². The SMILES string of the molecule is CCOc1ccccc1[C@H]1C(C#N)=C(N)N(CCOC)C2=C1C(=O)CC(C)(C)C2. The quantitative estimate of drug-likeness (QED) is 0.793. The highest BCUT2D eigenvalue weighted by molar-refractivity contribution is 6.00. The zero-order valence-corrected chi connectivity index (χ0v) is 17.6. The van der Waals surface area contributed by atoms with E-state index in [-0.39, 0.29) is 11.2 Å². The van der Waals surface area contributed by atoms with Crippen LogP contribution in [0.5, 0.6) is 5.75 Å². The lowest BCUT2D eigenvalue weighted by atomic mass is 9.68. The van der Waals surface area contributed by atoms with E-state index in [9.17, 15) is 10.1 Å². The van der Waals surface area contributed by atoms with Gasteiger partial charge in [0.1, 0.15) is 11.6 Å². The molecule has 1 aromatic carbocycles. The lowest BCUT2D eigenvalue weighted by Crippen LogP contribution is -2.43. The minimum absolute atomic E-state index is 0.0650. The summed E-state index contributed by atoms with van der Waals surface area (Å²) in [7, 11) is 1.63. The molecule has 0 bridgehead atoms. The predicted octanol–water partition coefficient (Wildman–Crippen LogP) is 3.47. The number of benzene rings is 1. The van der Waals surface area contributed by atoms with Crippen LogP contribution >= 0.6 is 0 Å². The summed E-state index contributed by atoms with van der Waals surface area (Å²) in [6.07, 6.45) is 1.15. The number of hydrogen-bond acceptors (Lipinski definition) is 6. The topological polar surface area (TPSA) is 88.6 Å². The normalized spacial score (nSPS) is 21.1. The van der Waals surface area contributed by atoms with Gasteiger partial charge in [-0.05, 0) is 24.8 Å². The molecule has 0 aromatic heterocycles. The smallest absolute Gasteiger partial charge is 0.162 e. The molecule has 0 saturated carbocycles. The molecular weight excluding hydrogens is 366 g/mol. The van der Waals surface area contributed by atoms with Crippen molar-refractivity contribution < 1.29 is 14.3 Å². The molecular formula is C23H29N3O3. The van der Waals surface area contributed by atoms with E-state index in [1.54, 1.807) is 7.11 Å². The summed E-state index contributed by atoms with van der Waals surface area (Å²) in [4.78, 5) is 15.3. The highest BCUT2D eigenvalue weighted by atomic mass is 16.5.